The molecule has 1 aromatic carbocycles. The van der Waals surface area contributed by atoms with E-state index in [1.54, 1.807) is 27.1 Å². The van der Waals surface area contributed by atoms with Crippen molar-refractivity contribution in [2.45, 2.75) is 24.1 Å². The number of aryl methyl sites for hydroxylation is 1. The van der Waals surface area contributed by atoms with Gasteiger partial charge in [0.1, 0.15) is 12.1 Å². The van der Waals surface area contributed by atoms with E-state index in [0.717, 1.165) is 16.7 Å². The molecule has 1 aliphatic rings. The number of para-hydroxylation sites is 1. The van der Waals surface area contributed by atoms with Crippen LogP contribution in [-0.4, -0.2) is 107 Å². The third-order valence-electron chi connectivity index (χ3n) is 6.09. The molecule has 0 bridgehead atoms. The van der Waals surface area contributed by atoms with Gasteiger partial charge in [-0.1, -0.05) is 17.4 Å². The number of nitrogens with zero attached hydrogens (tertiary/aromatic N) is 6. The quantitative estimate of drug-likeness (QED) is 0.370. The lowest BCUT2D eigenvalue weighted by molar-refractivity contribution is 0.0829. The minimum Gasteiger partial charge on any atom is -0.465 e. The summed E-state index contributed by atoms with van der Waals surface area (Å²) in [6, 6.07) is 5.41. The second-order valence-electron chi connectivity index (χ2n) is 9.20. The highest BCUT2D eigenvalue weighted by atomic mass is 32.2. The van der Waals surface area contributed by atoms with Crippen molar-refractivity contribution < 1.29 is 23.1 Å². The number of hydrogen-bond acceptors (Lipinski definition) is 10. The molecule has 15 heteroatoms. The summed E-state index contributed by atoms with van der Waals surface area (Å²) in [6.45, 7) is 5.91. The summed E-state index contributed by atoms with van der Waals surface area (Å²) < 4.78 is 27.8. The van der Waals surface area contributed by atoms with Crippen LogP contribution >= 0.6 is 11.3 Å². The van der Waals surface area contributed by atoms with Crippen molar-refractivity contribution in [2.75, 3.05) is 57.5 Å². The van der Waals surface area contributed by atoms with Gasteiger partial charge in [-0.25, -0.2) is 28.2 Å². The van der Waals surface area contributed by atoms with Crippen molar-refractivity contribution in [1.82, 2.24) is 29.1 Å². The highest BCUT2D eigenvalue weighted by Crippen LogP contribution is 2.30. The lowest BCUT2D eigenvalue weighted by Gasteiger charge is -2.35. The first-order chi connectivity index (χ1) is 18.0. The first-order valence-electron chi connectivity index (χ1n) is 11.9. The van der Waals surface area contributed by atoms with Crippen molar-refractivity contribution in [1.29, 1.82) is 0 Å². The maximum atomic E-state index is 13.2. The predicted molar refractivity (Wildman–Crippen MR) is 144 cm³/mol. The molecule has 2 amide bonds. The fourth-order valence-electron chi connectivity index (χ4n) is 4.32. The minimum atomic E-state index is -3.78. The van der Waals surface area contributed by atoms with Crippen LogP contribution in [0.5, 0.6) is 0 Å². The smallest absolute Gasteiger partial charge is 0.410 e. The zero-order chi connectivity index (χ0) is 27.6. The van der Waals surface area contributed by atoms with Crippen LogP contribution in [-0.2, 0) is 10.0 Å². The summed E-state index contributed by atoms with van der Waals surface area (Å²) in [4.78, 5) is 39.9. The molecule has 1 atom stereocenters. The van der Waals surface area contributed by atoms with Gasteiger partial charge in [-0.2, -0.15) is 4.31 Å². The molecule has 3 N–H and O–H groups in total. The zero-order valence-electron chi connectivity index (χ0n) is 21.5. The average molecular weight is 563 g/mol. The van der Waals surface area contributed by atoms with E-state index in [1.165, 1.54) is 15.5 Å². The van der Waals surface area contributed by atoms with Gasteiger partial charge in [0.15, 0.2) is 9.34 Å². The second kappa shape index (κ2) is 11.1. The van der Waals surface area contributed by atoms with E-state index >= 15 is 0 Å². The van der Waals surface area contributed by atoms with Gasteiger partial charge in [0.2, 0.25) is 0 Å². The monoisotopic (exact) mass is 562 g/mol. The number of benzene rings is 1. The van der Waals surface area contributed by atoms with Gasteiger partial charge in [-0.05, 0) is 26.0 Å². The molecular weight excluding hydrogens is 532 g/mol. The number of thiazole rings is 1. The van der Waals surface area contributed by atoms with Crippen molar-refractivity contribution in [3.05, 3.63) is 35.8 Å². The topological polar surface area (TPSA) is 161 Å². The summed E-state index contributed by atoms with van der Waals surface area (Å²) in [5.74, 6) is 0.493. The van der Waals surface area contributed by atoms with Crippen LogP contribution in [0, 0.1) is 6.92 Å². The van der Waals surface area contributed by atoms with E-state index in [4.69, 9.17) is 5.11 Å². The molecule has 1 unspecified atom stereocenters. The molecule has 1 aliphatic heterocycles. The van der Waals surface area contributed by atoms with Gasteiger partial charge in [-0.15, -0.1) is 0 Å². The van der Waals surface area contributed by atoms with Crippen LogP contribution in [0.3, 0.4) is 0 Å². The molecule has 0 saturated carbocycles. The molecular formula is C23H30N8O5S2. The number of amides is 2. The number of carbonyl (C=O) groups is 2. The van der Waals surface area contributed by atoms with E-state index in [-0.39, 0.29) is 27.0 Å². The maximum absolute atomic E-state index is 13.2. The number of rotatable bonds is 8. The highest BCUT2D eigenvalue weighted by molar-refractivity contribution is 7.91. The summed E-state index contributed by atoms with van der Waals surface area (Å²) in [6.07, 6.45) is 0.142. The largest absolute Gasteiger partial charge is 0.465 e. The van der Waals surface area contributed by atoms with Crippen molar-refractivity contribution in [2.24, 2.45) is 0 Å². The Labute approximate surface area is 224 Å². The standard InChI is InChI=1S/C23H30N8O5S2/c1-14(26-19-16-6-5-7-17(20(32)29(3)4)18(16)24-13-25-19)12-30-8-10-31(11-9-30)38(35,36)21-15(2)27-22(37-21)28-23(33)34/h5-7,13-14H,8-12H2,1-4H3,(H,27,28)(H,33,34)(H,24,25,26). The Hall–Kier alpha value is -3.40. The number of hydrogen-bond donors (Lipinski definition) is 3. The third kappa shape index (κ3) is 5.85. The minimum absolute atomic E-state index is 0.0159. The second-order valence-corrected chi connectivity index (χ2v) is 12.3. The average Bonchev–Trinajstić information content (AvgIpc) is 3.23. The van der Waals surface area contributed by atoms with Gasteiger partial charge < -0.3 is 15.3 Å². The van der Waals surface area contributed by atoms with E-state index in [0.29, 0.717) is 49.6 Å². The van der Waals surface area contributed by atoms with E-state index in [9.17, 15) is 18.0 Å². The van der Waals surface area contributed by atoms with Crippen LogP contribution in [0.1, 0.15) is 23.0 Å². The SMILES string of the molecule is Cc1nc(NC(=O)O)sc1S(=O)(=O)N1CCN(CC(C)Nc2ncnc3c(C(=O)N(C)C)cccc23)CC1. The normalized spacial score (nSPS) is 15.8. The summed E-state index contributed by atoms with van der Waals surface area (Å²) in [5.41, 5.74) is 1.35. The first-order valence-corrected chi connectivity index (χ1v) is 14.1. The Kier molecular flexibility index (Phi) is 8.10. The molecule has 1 saturated heterocycles. The highest BCUT2D eigenvalue weighted by Gasteiger charge is 2.32. The lowest BCUT2D eigenvalue weighted by Crippen LogP contribution is -2.50. The number of nitrogens with one attached hydrogen (secondary N) is 2. The van der Waals surface area contributed by atoms with Crippen molar-refractivity contribution in [3.63, 3.8) is 0 Å². The van der Waals surface area contributed by atoms with E-state index in [1.807, 2.05) is 19.1 Å². The number of sulfonamides is 1. The molecule has 0 spiro atoms. The first kappa shape index (κ1) is 27.6. The Balaban J connectivity index is 1.39. The molecule has 4 rings (SSSR count). The van der Waals surface area contributed by atoms with Gasteiger partial charge in [-0.3, -0.25) is 15.0 Å². The maximum Gasteiger partial charge on any atom is 0.410 e. The summed E-state index contributed by atoms with van der Waals surface area (Å²) in [5, 5.41) is 15.2. The van der Waals surface area contributed by atoms with Gasteiger partial charge in [0.25, 0.3) is 15.9 Å². The summed E-state index contributed by atoms with van der Waals surface area (Å²) in [7, 11) is -0.393. The molecule has 13 nitrogen and oxygen atoms in total. The van der Waals surface area contributed by atoms with Crippen LogP contribution in [0.15, 0.2) is 28.7 Å². The molecule has 204 valence electrons. The van der Waals surface area contributed by atoms with Gasteiger partial charge in [0.05, 0.1) is 16.8 Å². The molecule has 0 radical (unpaired) electrons. The Bertz CT molecular complexity index is 1450. The number of anilines is 2. The van der Waals surface area contributed by atoms with Crippen LogP contribution in [0.2, 0.25) is 0 Å². The van der Waals surface area contributed by atoms with Crippen LogP contribution in [0.4, 0.5) is 15.7 Å². The fourth-order valence-corrected chi connectivity index (χ4v) is 7.28. The summed E-state index contributed by atoms with van der Waals surface area (Å²) >= 11 is 0.814. The third-order valence-corrected chi connectivity index (χ3v) is 9.65. The molecule has 3 heterocycles. The Morgan fingerprint density at radius 1 is 1.18 bits per heavy atom. The molecule has 38 heavy (non-hydrogen) atoms. The van der Waals surface area contributed by atoms with Crippen molar-refractivity contribution in [3.8, 4) is 0 Å². The van der Waals surface area contributed by atoms with E-state index < -0.39 is 16.1 Å². The number of carbonyl (C=O) groups excluding carboxylic acids is 1. The van der Waals surface area contributed by atoms with Gasteiger partial charge >= 0.3 is 6.09 Å². The number of fused-ring (bicyclic) bond motifs is 1. The molecule has 1 fully saturated rings. The lowest BCUT2D eigenvalue weighted by atomic mass is 10.1. The molecule has 2 aromatic heterocycles. The fraction of sp³-hybridized carbons (Fsp3) is 0.435. The Morgan fingerprint density at radius 3 is 2.55 bits per heavy atom. The van der Waals surface area contributed by atoms with Crippen molar-refractivity contribution >= 4 is 55.2 Å². The number of carboxylic acid groups (broad SMARTS) is 1. The molecule has 0 aliphatic carbocycles. The zero-order valence-corrected chi connectivity index (χ0v) is 23.1. The molecule has 3 aromatic rings. The van der Waals surface area contributed by atoms with Crippen LogP contribution < -0.4 is 10.6 Å². The van der Waals surface area contributed by atoms with E-state index in [2.05, 4.69) is 30.5 Å². The van der Waals surface area contributed by atoms with Gasteiger partial charge in [0, 0.05) is 58.2 Å². The number of aromatic nitrogens is 3. The Morgan fingerprint density at radius 2 is 1.89 bits per heavy atom. The predicted octanol–water partition coefficient (Wildman–Crippen LogP) is 1.99. The van der Waals surface area contributed by atoms with Crippen LogP contribution in [0.25, 0.3) is 10.9 Å². The number of piperazine rings is 1.